The Morgan fingerprint density at radius 1 is 1.17 bits per heavy atom. The van der Waals surface area contributed by atoms with Gasteiger partial charge in [0.1, 0.15) is 5.82 Å². The van der Waals surface area contributed by atoms with Crippen LogP contribution < -0.4 is 4.90 Å². The van der Waals surface area contributed by atoms with Gasteiger partial charge in [-0.3, -0.25) is 4.90 Å². The van der Waals surface area contributed by atoms with Crippen molar-refractivity contribution in [3.05, 3.63) is 30.1 Å². The molecule has 6 heteroatoms. The molecule has 134 valence electrons. The fraction of sp³-hybridized carbons (Fsp3) is 0.667. The van der Waals surface area contributed by atoms with Gasteiger partial charge in [0.05, 0.1) is 24.5 Å². The van der Waals surface area contributed by atoms with Gasteiger partial charge in [0, 0.05) is 45.9 Å². The van der Waals surface area contributed by atoms with Crippen LogP contribution in [-0.4, -0.2) is 74.8 Å². The highest BCUT2D eigenvalue weighted by Gasteiger charge is 2.22. The minimum Gasteiger partial charge on any atom is -0.389 e. The van der Waals surface area contributed by atoms with Gasteiger partial charge in [-0.25, -0.2) is 4.39 Å². The van der Waals surface area contributed by atoms with E-state index in [1.54, 1.807) is 6.07 Å². The van der Waals surface area contributed by atoms with Crippen molar-refractivity contribution in [3.63, 3.8) is 0 Å². The molecule has 0 amide bonds. The quantitative estimate of drug-likeness (QED) is 0.852. The maximum atomic E-state index is 13.8. The Bertz CT molecular complexity index is 503. The van der Waals surface area contributed by atoms with Crippen LogP contribution in [0.4, 0.5) is 10.1 Å². The van der Waals surface area contributed by atoms with E-state index in [9.17, 15) is 9.50 Å². The summed E-state index contributed by atoms with van der Waals surface area (Å²) in [5.41, 5.74) is 0.667. The molecule has 2 fully saturated rings. The zero-order chi connectivity index (χ0) is 16.8. The van der Waals surface area contributed by atoms with Gasteiger partial charge in [0.2, 0.25) is 0 Å². The average Bonchev–Trinajstić information content (AvgIpc) is 2.62. The molecule has 0 saturated carbocycles. The molecule has 1 unspecified atom stereocenters. The number of β-amino-alcohol motifs (C(OH)–C–C–N with tert-alkyl or cyclic N) is 1. The summed E-state index contributed by atoms with van der Waals surface area (Å²) in [6.07, 6.45) is 1.56. The molecule has 0 aromatic heterocycles. The Morgan fingerprint density at radius 3 is 2.58 bits per heavy atom. The second-order valence-electron chi connectivity index (χ2n) is 6.54. The van der Waals surface area contributed by atoms with E-state index >= 15 is 0 Å². The van der Waals surface area contributed by atoms with Gasteiger partial charge < -0.3 is 19.5 Å². The normalized spacial score (nSPS) is 21.8. The molecule has 0 aliphatic carbocycles. The van der Waals surface area contributed by atoms with Gasteiger partial charge >= 0.3 is 0 Å². The number of piperazine rings is 1. The first-order valence-corrected chi connectivity index (χ1v) is 8.81. The number of anilines is 1. The summed E-state index contributed by atoms with van der Waals surface area (Å²) in [5.74, 6) is -0.171. The molecule has 2 aliphatic rings. The number of hydrogen-bond donors (Lipinski definition) is 1. The standard InChI is InChI=1S/C18H27FN2O3/c19-17-3-1-2-4-18(17)21-9-7-20(8-10-21)13-15(22)14-24-16-5-11-23-12-6-16/h1-4,15-16,22H,5-14H2. The topological polar surface area (TPSA) is 45.2 Å². The van der Waals surface area contributed by atoms with E-state index in [0.717, 1.165) is 52.2 Å². The SMILES string of the molecule is OC(COC1CCOCC1)CN1CCN(c2ccccc2F)CC1. The van der Waals surface area contributed by atoms with Crippen LogP contribution in [0.3, 0.4) is 0 Å². The lowest BCUT2D eigenvalue weighted by Gasteiger charge is -2.37. The summed E-state index contributed by atoms with van der Waals surface area (Å²) >= 11 is 0. The van der Waals surface area contributed by atoms with Gasteiger partial charge in [-0.05, 0) is 25.0 Å². The zero-order valence-electron chi connectivity index (χ0n) is 14.1. The Hall–Kier alpha value is -1.21. The van der Waals surface area contributed by atoms with E-state index in [4.69, 9.17) is 9.47 Å². The fourth-order valence-electron chi connectivity index (χ4n) is 3.32. The summed E-state index contributed by atoms with van der Waals surface area (Å²) in [5, 5.41) is 10.2. The van der Waals surface area contributed by atoms with Crippen molar-refractivity contribution in [1.29, 1.82) is 0 Å². The summed E-state index contributed by atoms with van der Waals surface area (Å²) in [7, 11) is 0. The molecular weight excluding hydrogens is 311 g/mol. The molecule has 0 spiro atoms. The molecule has 1 aromatic carbocycles. The monoisotopic (exact) mass is 338 g/mol. The molecular formula is C18H27FN2O3. The predicted molar refractivity (Wildman–Crippen MR) is 90.9 cm³/mol. The first kappa shape index (κ1) is 17.6. The van der Waals surface area contributed by atoms with Gasteiger partial charge in [-0.2, -0.15) is 0 Å². The number of rotatable bonds is 6. The van der Waals surface area contributed by atoms with Crippen LogP contribution in [0, 0.1) is 5.82 Å². The van der Waals surface area contributed by atoms with Crippen LogP contribution in [0.1, 0.15) is 12.8 Å². The van der Waals surface area contributed by atoms with Crippen LogP contribution in [0.25, 0.3) is 0 Å². The van der Waals surface area contributed by atoms with E-state index in [1.807, 2.05) is 12.1 Å². The number of nitrogens with zero attached hydrogens (tertiary/aromatic N) is 2. The highest BCUT2D eigenvalue weighted by molar-refractivity contribution is 5.47. The smallest absolute Gasteiger partial charge is 0.146 e. The Kier molecular flexibility index (Phi) is 6.43. The molecule has 1 N–H and O–H groups in total. The third-order valence-electron chi connectivity index (χ3n) is 4.73. The van der Waals surface area contributed by atoms with Crippen molar-refractivity contribution >= 4 is 5.69 Å². The first-order valence-electron chi connectivity index (χ1n) is 8.81. The second-order valence-corrected chi connectivity index (χ2v) is 6.54. The van der Waals surface area contributed by atoms with Crippen LogP contribution in [0.5, 0.6) is 0 Å². The second kappa shape index (κ2) is 8.76. The molecule has 24 heavy (non-hydrogen) atoms. The third kappa shape index (κ3) is 4.89. The molecule has 2 heterocycles. The number of halogens is 1. The molecule has 2 aliphatic heterocycles. The zero-order valence-corrected chi connectivity index (χ0v) is 14.1. The summed E-state index contributed by atoms with van der Waals surface area (Å²) in [6, 6.07) is 6.90. The molecule has 0 bridgehead atoms. The summed E-state index contributed by atoms with van der Waals surface area (Å²) in [6.45, 7) is 5.67. The molecule has 0 radical (unpaired) electrons. The fourth-order valence-corrected chi connectivity index (χ4v) is 3.32. The Balaban J connectivity index is 1.38. The number of benzene rings is 1. The van der Waals surface area contributed by atoms with Crippen LogP contribution in [-0.2, 0) is 9.47 Å². The molecule has 5 nitrogen and oxygen atoms in total. The van der Waals surface area contributed by atoms with Crippen molar-refractivity contribution < 1.29 is 19.0 Å². The van der Waals surface area contributed by atoms with E-state index in [2.05, 4.69) is 9.80 Å². The van der Waals surface area contributed by atoms with Gasteiger partial charge in [-0.1, -0.05) is 12.1 Å². The summed E-state index contributed by atoms with van der Waals surface area (Å²) in [4.78, 5) is 4.28. The lowest BCUT2D eigenvalue weighted by molar-refractivity contribution is -0.0642. The van der Waals surface area contributed by atoms with Gasteiger partial charge in [0.25, 0.3) is 0 Å². The highest BCUT2D eigenvalue weighted by atomic mass is 19.1. The van der Waals surface area contributed by atoms with Crippen molar-refractivity contribution in [2.24, 2.45) is 0 Å². The number of para-hydroxylation sites is 1. The number of ether oxygens (including phenoxy) is 2. The van der Waals surface area contributed by atoms with Crippen molar-refractivity contribution in [3.8, 4) is 0 Å². The Morgan fingerprint density at radius 2 is 1.88 bits per heavy atom. The van der Waals surface area contributed by atoms with Crippen molar-refractivity contribution in [1.82, 2.24) is 4.90 Å². The Labute approximate surface area is 143 Å². The van der Waals surface area contributed by atoms with Crippen LogP contribution in [0.2, 0.25) is 0 Å². The summed E-state index contributed by atoms with van der Waals surface area (Å²) < 4.78 is 24.9. The lowest BCUT2D eigenvalue weighted by atomic mass is 10.1. The predicted octanol–water partition coefficient (Wildman–Crippen LogP) is 1.50. The number of aliphatic hydroxyl groups excluding tert-OH is 1. The number of hydrogen-bond acceptors (Lipinski definition) is 5. The highest BCUT2D eigenvalue weighted by Crippen LogP contribution is 2.20. The molecule has 3 rings (SSSR count). The van der Waals surface area contributed by atoms with Crippen LogP contribution in [0.15, 0.2) is 24.3 Å². The maximum Gasteiger partial charge on any atom is 0.146 e. The minimum absolute atomic E-state index is 0.171. The lowest BCUT2D eigenvalue weighted by Crippen LogP contribution is -2.49. The van der Waals surface area contributed by atoms with Gasteiger partial charge in [-0.15, -0.1) is 0 Å². The maximum absolute atomic E-state index is 13.8. The number of aliphatic hydroxyl groups is 1. The van der Waals surface area contributed by atoms with Crippen molar-refractivity contribution in [2.75, 3.05) is 57.4 Å². The molecule has 2 saturated heterocycles. The molecule has 1 atom stereocenters. The third-order valence-corrected chi connectivity index (χ3v) is 4.73. The first-order chi connectivity index (χ1) is 11.7. The molecule has 1 aromatic rings. The minimum atomic E-state index is -0.479. The van der Waals surface area contributed by atoms with E-state index < -0.39 is 6.10 Å². The van der Waals surface area contributed by atoms with Crippen molar-refractivity contribution in [2.45, 2.75) is 25.0 Å². The van der Waals surface area contributed by atoms with Crippen LogP contribution >= 0.6 is 0 Å². The van der Waals surface area contributed by atoms with E-state index in [0.29, 0.717) is 18.8 Å². The largest absolute Gasteiger partial charge is 0.389 e. The van der Waals surface area contributed by atoms with E-state index in [1.165, 1.54) is 6.07 Å². The van der Waals surface area contributed by atoms with Gasteiger partial charge in [0.15, 0.2) is 0 Å². The average molecular weight is 338 g/mol. The van der Waals surface area contributed by atoms with E-state index in [-0.39, 0.29) is 11.9 Å².